The number of aryl methyl sites for hydroxylation is 1. The molecule has 0 saturated heterocycles. The summed E-state index contributed by atoms with van der Waals surface area (Å²) in [6.45, 7) is 1.87. The smallest absolute Gasteiger partial charge is 0.266 e. The van der Waals surface area contributed by atoms with Gasteiger partial charge in [0.15, 0.2) is 0 Å². The molecule has 2 aromatic carbocycles. The Morgan fingerprint density at radius 2 is 1.96 bits per heavy atom. The molecule has 0 saturated carbocycles. The fraction of sp³-hybridized carbons (Fsp3) is 0.158. The minimum atomic E-state index is -0.528. The molecule has 0 aliphatic rings. The fourth-order valence-corrected chi connectivity index (χ4v) is 2.29. The van der Waals surface area contributed by atoms with E-state index in [1.54, 1.807) is 43.5 Å². The van der Waals surface area contributed by atoms with Crippen LogP contribution in [0.3, 0.4) is 0 Å². The Bertz CT molecular complexity index is 869. The van der Waals surface area contributed by atoms with Gasteiger partial charge in [-0.2, -0.15) is 5.26 Å². The third-order valence-corrected chi connectivity index (χ3v) is 3.94. The Labute approximate surface area is 151 Å². The second-order valence-electron chi connectivity index (χ2n) is 5.20. The Kier molecular flexibility index (Phi) is 6.04. The van der Waals surface area contributed by atoms with Crippen molar-refractivity contribution in [2.24, 2.45) is 0 Å². The highest BCUT2D eigenvalue weighted by molar-refractivity contribution is 6.31. The number of carbonyl (C=O) groups excluding carboxylic acids is 1. The van der Waals surface area contributed by atoms with E-state index in [9.17, 15) is 10.1 Å². The average Bonchev–Trinajstić information content (AvgIpc) is 2.62. The summed E-state index contributed by atoms with van der Waals surface area (Å²) in [5.41, 5.74) is 1.96. The van der Waals surface area contributed by atoms with Crippen molar-refractivity contribution in [3.63, 3.8) is 0 Å². The van der Waals surface area contributed by atoms with Crippen LogP contribution in [-0.2, 0) is 4.79 Å². The zero-order valence-electron chi connectivity index (χ0n) is 14.1. The summed E-state index contributed by atoms with van der Waals surface area (Å²) in [5.74, 6) is 0.588. The number of ether oxygens (including phenoxy) is 2. The Morgan fingerprint density at radius 3 is 2.56 bits per heavy atom. The van der Waals surface area contributed by atoms with Crippen molar-refractivity contribution < 1.29 is 14.3 Å². The average molecular weight is 357 g/mol. The van der Waals surface area contributed by atoms with Gasteiger partial charge in [-0.05, 0) is 42.8 Å². The number of nitrogens with one attached hydrogen (secondary N) is 1. The molecule has 0 spiro atoms. The van der Waals surface area contributed by atoms with Gasteiger partial charge in [0.05, 0.1) is 14.2 Å². The first kappa shape index (κ1) is 18.4. The minimum Gasteiger partial charge on any atom is -0.497 e. The normalized spacial score (nSPS) is 10.8. The maximum absolute atomic E-state index is 12.4. The molecule has 0 radical (unpaired) electrons. The van der Waals surface area contributed by atoms with Crippen LogP contribution in [0.4, 0.5) is 5.69 Å². The Morgan fingerprint density at radius 1 is 1.20 bits per heavy atom. The monoisotopic (exact) mass is 356 g/mol. The van der Waals surface area contributed by atoms with Crippen LogP contribution in [0.1, 0.15) is 11.1 Å². The number of halogens is 1. The van der Waals surface area contributed by atoms with Crippen LogP contribution in [0.15, 0.2) is 42.0 Å². The lowest BCUT2D eigenvalue weighted by molar-refractivity contribution is -0.112. The van der Waals surface area contributed by atoms with Gasteiger partial charge in [-0.25, -0.2) is 0 Å². The third kappa shape index (κ3) is 4.52. The molecule has 0 bridgehead atoms. The standard InChI is InChI=1S/C19H17ClN2O3/c1-12-4-6-15(9-17(12)20)22-19(23)14(11-21)8-13-5-7-16(24-2)10-18(13)25-3/h4-10H,1-3H3,(H,22,23)/b14-8+. The molecule has 0 aliphatic heterocycles. The number of anilines is 1. The predicted octanol–water partition coefficient (Wildman–Crippen LogP) is 4.21. The molecule has 2 rings (SSSR count). The van der Waals surface area contributed by atoms with Gasteiger partial charge in [0.25, 0.3) is 5.91 Å². The fourth-order valence-electron chi connectivity index (χ4n) is 2.11. The topological polar surface area (TPSA) is 71.3 Å². The van der Waals surface area contributed by atoms with E-state index < -0.39 is 5.91 Å². The number of nitriles is 1. The van der Waals surface area contributed by atoms with E-state index in [4.69, 9.17) is 21.1 Å². The number of methoxy groups -OCH3 is 2. The highest BCUT2D eigenvalue weighted by Crippen LogP contribution is 2.27. The van der Waals surface area contributed by atoms with Crippen LogP contribution in [0.25, 0.3) is 6.08 Å². The van der Waals surface area contributed by atoms with Crippen molar-refractivity contribution in [1.82, 2.24) is 0 Å². The number of rotatable bonds is 5. The number of hydrogen-bond donors (Lipinski definition) is 1. The molecule has 0 atom stereocenters. The molecule has 0 aliphatic carbocycles. The summed E-state index contributed by atoms with van der Waals surface area (Å²) in [4.78, 5) is 12.4. The van der Waals surface area contributed by atoms with Crippen LogP contribution in [0.2, 0.25) is 5.02 Å². The van der Waals surface area contributed by atoms with E-state index >= 15 is 0 Å². The van der Waals surface area contributed by atoms with Gasteiger partial charge in [0.2, 0.25) is 0 Å². The van der Waals surface area contributed by atoms with E-state index in [1.807, 2.05) is 13.0 Å². The van der Waals surface area contributed by atoms with Crippen LogP contribution in [-0.4, -0.2) is 20.1 Å². The van der Waals surface area contributed by atoms with Crippen molar-refractivity contribution in [2.45, 2.75) is 6.92 Å². The molecule has 0 fully saturated rings. The van der Waals surface area contributed by atoms with Crippen molar-refractivity contribution in [2.75, 3.05) is 19.5 Å². The molecule has 1 amide bonds. The van der Waals surface area contributed by atoms with Gasteiger partial charge in [-0.15, -0.1) is 0 Å². The molecule has 6 heteroatoms. The quantitative estimate of drug-likeness (QED) is 0.643. The largest absolute Gasteiger partial charge is 0.497 e. The minimum absolute atomic E-state index is 0.0554. The van der Waals surface area contributed by atoms with E-state index in [1.165, 1.54) is 13.2 Å². The summed E-state index contributed by atoms with van der Waals surface area (Å²) in [7, 11) is 3.05. The molecular formula is C19H17ClN2O3. The van der Waals surface area contributed by atoms with Crippen LogP contribution < -0.4 is 14.8 Å². The number of carbonyl (C=O) groups is 1. The van der Waals surface area contributed by atoms with Crippen LogP contribution >= 0.6 is 11.6 Å². The van der Waals surface area contributed by atoms with Crippen LogP contribution in [0, 0.1) is 18.3 Å². The van der Waals surface area contributed by atoms with Gasteiger partial charge in [-0.1, -0.05) is 17.7 Å². The van der Waals surface area contributed by atoms with Gasteiger partial charge < -0.3 is 14.8 Å². The van der Waals surface area contributed by atoms with E-state index in [-0.39, 0.29) is 5.57 Å². The SMILES string of the molecule is COc1ccc(/C=C(\C#N)C(=O)Nc2ccc(C)c(Cl)c2)c(OC)c1. The molecule has 0 unspecified atom stereocenters. The number of hydrogen-bond acceptors (Lipinski definition) is 4. The summed E-state index contributed by atoms with van der Waals surface area (Å²) < 4.78 is 10.4. The van der Waals surface area contributed by atoms with Crippen molar-refractivity contribution in [3.8, 4) is 17.6 Å². The predicted molar refractivity (Wildman–Crippen MR) is 98.0 cm³/mol. The van der Waals surface area contributed by atoms with Crippen molar-refractivity contribution in [1.29, 1.82) is 5.26 Å². The number of benzene rings is 2. The Balaban J connectivity index is 2.29. The first-order valence-corrected chi connectivity index (χ1v) is 7.77. The molecule has 0 aromatic heterocycles. The molecule has 0 heterocycles. The van der Waals surface area contributed by atoms with Gasteiger partial charge in [-0.3, -0.25) is 4.79 Å². The van der Waals surface area contributed by atoms with Gasteiger partial charge in [0.1, 0.15) is 23.1 Å². The highest BCUT2D eigenvalue weighted by atomic mass is 35.5. The van der Waals surface area contributed by atoms with Crippen molar-refractivity contribution in [3.05, 3.63) is 58.1 Å². The zero-order chi connectivity index (χ0) is 18.4. The maximum atomic E-state index is 12.4. The lowest BCUT2D eigenvalue weighted by Crippen LogP contribution is -2.13. The molecule has 5 nitrogen and oxygen atoms in total. The van der Waals surface area contributed by atoms with E-state index in [2.05, 4.69) is 5.32 Å². The van der Waals surface area contributed by atoms with E-state index in [0.717, 1.165) is 5.56 Å². The number of amides is 1. The molecule has 2 aromatic rings. The molecular weight excluding hydrogens is 340 g/mol. The summed E-state index contributed by atoms with van der Waals surface area (Å²) in [6.07, 6.45) is 1.46. The second-order valence-corrected chi connectivity index (χ2v) is 5.60. The second kappa shape index (κ2) is 8.22. The lowest BCUT2D eigenvalue weighted by Gasteiger charge is -2.09. The van der Waals surface area contributed by atoms with Gasteiger partial charge >= 0.3 is 0 Å². The van der Waals surface area contributed by atoms with Crippen molar-refractivity contribution >= 4 is 29.3 Å². The van der Waals surface area contributed by atoms with Crippen LogP contribution in [0.5, 0.6) is 11.5 Å². The zero-order valence-corrected chi connectivity index (χ0v) is 14.8. The maximum Gasteiger partial charge on any atom is 0.266 e. The highest BCUT2D eigenvalue weighted by Gasteiger charge is 2.12. The van der Waals surface area contributed by atoms with E-state index in [0.29, 0.717) is 27.8 Å². The summed E-state index contributed by atoms with van der Waals surface area (Å²) in [5, 5.41) is 12.5. The van der Waals surface area contributed by atoms with Gasteiger partial charge in [0, 0.05) is 22.3 Å². The number of nitrogens with zero attached hydrogens (tertiary/aromatic N) is 1. The molecule has 25 heavy (non-hydrogen) atoms. The first-order chi connectivity index (χ1) is 12.0. The third-order valence-electron chi connectivity index (χ3n) is 3.54. The first-order valence-electron chi connectivity index (χ1n) is 7.39. The summed E-state index contributed by atoms with van der Waals surface area (Å²) >= 11 is 6.05. The molecule has 1 N–H and O–H groups in total. The Hall–Kier alpha value is -2.97. The summed E-state index contributed by atoms with van der Waals surface area (Å²) in [6, 6.07) is 12.2. The molecule has 128 valence electrons. The lowest BCUT2D eigenvalue weighted by atomic mass is 10.1.